The summed E-state index contributed by atoms with van der Waals surface area (Å²) >= 11 is 0. The van der Waals surface area contributed by atoms with Crippen LogP contribution in [0.3, 0.4) is 0 Å². The zero-order chi connectivity index (χ0) is 13.8. The highest BCUT2D eigenvalue weighted by Crippen LogP contribution is 2.26. The van der Waals surface area contributed by atoms with Crippen LogP contribution in [0.1, 0.15) is 54.0 Å². The summed E-state index contributed by atoms with van der Waals surface area (Å²) in [7, 11) is 2.03. The highest BCUT2D eigenvalue weighted by molar-refractivity contribution is 5.39. The summed E-state index contributed by atoms with van der Waals surface area (Å²) in [4.78, 5) is 0. The standard InChI is InChI=1S/C17H27NO/c1-12-9-13(2)17(14(3)10-12)16(18-4)11-19-15-7-5-6-8-15/h9-10,15-16,18H,5-8,11H2,1-4H3. The van der Waals surface area contributed by atoms with E-state index >= 15 is 0 Å². The molecular formula is C17H27NO. The fourth-order valence-corrected chi connectivity index (χ4v) is 3.34. The molecule has 0 spiro atoms. The average Bonchev–Trinajstić information content (AvgIpc) is 2.85. The van der Waals surface area contributed by atoms with Gasteiger partial charge < -0.3 is 10.1 Å². The van der Waals surface area contributed by atoms with Gasteiger partial charge in [-0.2, -0.15) is 0 Å². The molecule has 0 amide bonds. The van der Waals surface area contributed by atoms with Gasteiger partial charge in [-0.05, 0) is 57.4 Å². The first-order valence-corrected chi connectivity index (χ1v) is 7.48. The molecule has 19 heavy (non-hydrogen) atoms. The van der Waals surface area contributed by atoms with Crippen LogP contribution in [-0.4, -0.2) is 19.8 Å². The maximum absolute atomic E-state index is 6.09. The number of likely N-dealkylation sites (N-methyl/N-ethyl adjacent to an activating group) is 1. The Labute approximate surface area is 117 Å². The molecule has 1 N–H and O–H groups in total. The summed E-state index contributed by atoms with van der Waals surface area (Å²) in [5, 5.41) is 3.42. The van der Waals surface area contributed by atoms with Gasteiger partial charge in [0.25, 0.3) is 0 Å². The number of aryl methyl sites for hydroxylation is 3. The van der Waals surface area contributed by atoms with Gasteiger partial charge in [-0.15, -0.1) is 0 Å². The third kappa shape index (κ3) is 3.58. The number of nitrogens with one attached hydrogen (secondary N) is 1. The molecule has 1 atom stereocenters. The van der Waals surface area contributed by atoms with Crippen LogP contribution in [0.25, 0.3) is 0 Å². The summed E-state index contributed by atoms with van der Waals surface area (Å²) in [5.41, 5.74) is 5.48. The van der Waals surface area contributed by atoms with Gasteiger partial charge in [0.2, 0.25) is 0 Å². The molecule has 1 aromatic carbocycles. The van der Waals surface area contributed by atoms with Crippen LogP contribution in [0.4, 0.5) is 0 Å². The van der Waals surface area contributed by atoms with Crippen molar-refractivity contribution in [2.45, 2.75) is 58.6 Å². The van der Waals surface area contributed by atoms with Crippen LogP contribution in [0.2, 0.25) is 0 Å². The van der Waals surface area contributed by atoms with Crippen molar-refractivity contribution in [3.05, 3.63) is 34.4 Å². The van der Waals surface area contributed by atoms with E-state index in [1.54, 1.807) is 0 Å². The van der Waals surface area contributed by atoms with E-state index < -0.39 is 0 Å². The molecule has 0 saturated heterocycles. The van der Waals surface area contributed by atoms with Crippen LogP contribution in [0, 0.1) is 20.8 Å². The smallest absolute Gasteiger partial charge is 0.0665 e. The molecule has 0 aromatic heterocycles. The van der Waals surface area contributed by atoms with E-state index in [0.717, 1.165) is 6.61 Å². The first-order valence-electron chi connectivity index (χ1n) is 7.48. The lowest BCUT2D eigenvalue weighted by Gasteiger charge is -2.23. The third-order valence-corrected chi connectivity index (χ3v) is 4.24. The molecule has 0 aliphatic heterocycles. The van der Waals surface area contributed by atoms with Gasteiger partial charge in [0.1, 0.15) is 0 Å². The molecule has 1 fully saturated rings. The van der Waals surface area contributed by atoms with E-state index in [-0.39, 0.29) is 0 Å². The molecule has 2 nitrogen and oxygen atoms in total. The van der Waals surface area contributed by atoms with Gasteiger partial charge in [0, 0.05) is 0 Å². The Balaban J connectivity index is 2.08. The van der Waals surface area contributed by atoms with Crippen molar-refractivity contribution in [1.29, 1.82) is 0 Å². The molecule has 1 unspecified atom stereocenters. The number of hydrogen-bond acceptors (Lipinski definition) is 2. The molecule has 0 heterocycles. The van der Waals surface area contributed by atoms with Crippen molar-refractivity contribution in [1.82, 2.24) is 5.32 Å². The second kappa shape index (κ2) is 6.53. The van der Waals surface area contributed by atoms with Crippen molar-refractivity contribution in [3.8, 4) is 0 Å². The normalized spacial score (nSPS) is 17.9. The van der Waals surface area contributed by atoms with Gasteiger partial charge in [-0.25, -0.2) is 0 Å². The Bertz CT molecular complexity index is 398. The van der Waals surface area contributed by atoms with E-state index in [9.17, 15) is 0 Å². The van der Waals surface area contributed by atoms with Crippen LogP contribution in [0.15, 0.2) is 12.1 Å². The molecule has 0 bridgehead atoms. The van der Waals surface area contributed by atoms with Crippen molar-refractivity contribution < 1.29 is 4.74 Å². The zero-order valence-electron chi connectivity index (χ0n) is 12.8. The van der Waals surface area contributed by atoms with E-state index in [2.05, 4.69) is 38.2 Å². The minimum absolute atomic E-state index is 0.307. The summed E-state index contributed by atoms with van der Waals surface area (Å²) in [6, 6.07) is 4.84. The molecule has 106 valence electrons. The lowest BCUT2D eigenvalue weighted by molar-refractivity contribution is 0.0436. The van der Waals surface area contributed by atoms with Gasteiger partial charge in [0.05, 0.1) is 18.8 Å². The highest BCUT2D eigenvalue weighted by Gasteiger charge is 2.20. The van der Waals surface area contributed by atoms with E-state index in [4.69, 9.17) is 4.74 Å². The zero-order valence-corrected chi connectivity index (χ0v) is 12.8. The Morgan fingerprint density at radius 3 is 2.26 bits per heavy atom. The predicted molar refractivity (Wildman–Crippen MR) is 80.7 cm³/mol. The first kappa shape index (κ1) is 14.5. The van der Waals surface area contributed by atoms with Crippen molar-refractivity contribution >= 4 is 0 Å². The summed E-state index contributed by atoms with van der Waals surface area (Å²) < 4.78 is 6.09. The molecule has 2 rings (SSSR count). The third-order valence-electron chi connectivity index (χ3n) is 4.24. The molecule has 1 aliphatic rings. The van der Waals surface area contributed by atoms with Crippen molar-refractivity contribution in [2.75, 3.05) is 13.7 Å². The Hall–Kier alpha value is -0.860. The summed E-state index contributed by atoms with van der Waals surface area (Å²) in [5.74, 6) is 0. The quantitative estimate of drug-likeness (QED) is 0.869. The monoisotopic (exact) mass is 261 g/mol. The fourth-order valence-electron chi connectivity index (χ4n) is 3.34. The van der Waals surface area contributed by atoms with Crippen LogP contribution < -0.4 is 5.32 Å². The van der Waals surface area contributed by atoms with Gasteiger partial charge in [0.15, 0.2) is 0 Å². The highest BCUT2D eigenvalue weighted by atomic mass is 16.5. The SMILES string of the molecule is CNC(COC1CCCC1)c1c(C)cc(C)cc1C. The first-order chi connectivity index (χ1) is 9.11. The minimum atomic E-state index is 0.307. The van der Waals surface area contributed by atoms with E-state index in [1.165, 1.54) is 47.9 Å². The molecule has 1 aromatic rings. The fraction of sp³-hybridized carbons (Fsp3) is 0.647. The Morgan fingerprint density at radius 1 is 1.16 bits per heavy atom. The van der Waals surface area contributed by atoms with E-state index in [0.29, 0.717) is 12.1 Å². The second-order valence-corrected chi connectivity index (χ2v) is 5.89. The largest absolute Gasteiger partial charge is 0.376 e. The van der Waals surface area contributed by atoms with Crippen LogP contribution >= 0.6 is 0 Å². The van der Waals surface area contributed by atoms with Gasteiger partial charge in [-0.3, -0.25) is 0 Å². The van der Waals surface area contributed by atoms with Crippen LogP contribution in [0.5, 0.6) is 0 Å². The molecule has 0 radical (unpaired) electrons. The average molecular weight is 261 g/mol. The lowest BCUT2D eigenvalue weighted by atomic mass is 9.94. The van der Waals surface area contributed by atoms with E-state index in [1.807, 2.05) is 7.05 Å². The topological polar surface area (TPSA) is 21.3 Å². The van der Waals surface area contributed by atoms with Gasteiger partial charge in [-0.1, -0.05) is 30.5 Å². The maximum atomic E-state index is 6.09. The van der Waals surface area contributed by atoms with Crippen molar-refractivity contribution in [3.63, 3.8) is 0 Å². The maximum Gasteiger partial charge on any atom is 0.0665 e. The second-order valence-electron chi connectivity index (χ2n) is 5.89. The number of rotatable bonds is 5. The Kier molecular flexibility index (Phi) is 5.00. The minimum Gasteiger partial charge on any atom is -0.376 e. The lowest BCUT2D eigenvalue weighted by Crippen LogP contribution is -2.26. The molecule has 1 aliphatic carbocycles. The number of ether oxygens (including phenoxy) is 1. The Morgan fingerprint density at radius 2 is 1.74 bits per heavy atom. The van der Waals surface area contributed by atoms with Crippen LogP contribution in [-0.2, 0) is 4.74 Å². The number of benzene rings is 1. The molecular weight excluding hydrogens is 234 g/mol. The molecule has 1 saturated carbocycles. The summed E-state index contributed by atoms with van der Waals surface area (Å²) in [6.45, 7) is 7.35. The van der Waals surface area contributed by atoms with Crippen molar-refractivity contribution in [2.24, 2.45) is 0 Å². The van der Waals surface area contributed by atoms with Gasteiger partial charge >= 0.3 is 0 Å². The predicted octanol–water partition coefficient (Wildman–Crippen LogP) is 3.83. The summed E-state index contributed by atoms with van der Waals surface area (Å²) in [6.07, 6.45) is 5.63. The number of hydrogen-bond donors (Lipinski definition) is 1. The molecule has 2 heteroatoms.